The Labute approximate surface area is 203 Å². The summed E-state index contributed by atoms with van der Waals surface area (Å²) in [6.07, 6.45) is 1.55. The molecule has 2 aromatic rings. The fraction of sp³-hybridized carbons (Fsp3) is 0.538. The summed E-state index contributed by atoms with van der Waals surface area (Å²) in [7, 11) is 3.24. The summed E-state index contributed by atoms with van der Waals surface area (Å²) in [5, 5.41) is 0. The summed E-state index contributed by atoms with van der Waals surface area (Å²) < 4.78 is 33.7. The van der Waals surface area contributed by atoms with Gasteiger partial charge in [-0.15, -0.1) is 0 Å². The van der Waals surface area contributed by atoms with E-state index in [1.165, 1.54) is 0 Å². The van der Waals surface area contributed by atoms with Crippen LogP contribution in [0.2, 0.25) is 0 Å². The lowest BCUT2D eigenvalue weighted by molar-refractivity contribution is -0.312. The maximum Gasteiger partial charge on any atom is 0.190 e. The van der Waals surface area contributed by atoms with Crippen molar-refractivity contribution in [1.82, 2.24) is 0 Å². The van der Waals surface area contributed by atoms with E-state index in [4.69, 9.17) is 39.9 Å². The van der Waals surface area contributed by atoms with E-state index in [2.05, 4.69) is 12.1 Å². The van der Waals surface area contributed by atoms with Crippen LogP contribution in [0.3, 0.4) is 0 Å². The Morgan fingerprint density at radius 3 is 1.62 bits per heavy atom. The summed E-state index contributed by atoms with van der Waals surface area (Å²) in [4.78, 5) is 0. The first-order valence-corrected chi connectivity index (χ1v) is 11.6. The van der Waals surface area contributed by atoms with E-state index in [1.807, 2.05) is 48.5 Å². The van der Waals surface area contributed by atoms with E-state index in [1.54, 1.807) is 14.2 Å². The lowest BCUT2D eigenvalue weighted by Gasteiger charge is -2.40. The van der Waals surface area contributed by atoms with Gasteiger partial charge in [0.25, 0.3) is 0 Å². The molecule has 0 amide bonds. The molecule has 190 valence electrons. The molecule has 0 aliphatic carbocycles. The van der Waals surface area contributed by atoms with E-state index in [-0.39, 0.29) is 19.6 Å². The molecule has 0 heterocycles. The average molecular weight is 477 g/mol. The molecule has 2 atom stereocenters. The van der Waals surface area contributed by atoms with Crippen molar-refractivity contribution >= 4 is 0 Å². The zero-order valence-electron chi connectivity index (χ0n) is 20.4. The number of hydrogen-bond donors (Lipinski definition) is 2. The average Bonchev–Trinajstić information content (AvgIpc) is 2.84. The van der Waals surface area contributed by atoms with Crippen LogP contribution in [0.5, 0.6) is 0 Å². The minimum atomic E-state index is -1.22. The van der Waals surface area contributed by atoms with E-state index in [9.17, 15) is 0 Å². The molecule has 8 nitrogen and oxygen atoms in total. The first-order valence-electron chi connectivity index (χ1n) is 11.6. The Hall–Kier alpha value is -1.88. The molecule has 0 saturated heterocycles. The fourth-order valence-electron chi connectivity index (χ4n) is 3.59. The third-order valence-corrected chi connectivity index (χ3v) is 5.39. The van der Waals surface area contributed by atoms with Crippen molar-refractivity contribution in [2.75, 3.05) is 54.2 Å². The molecule has 0 aliphatic heterocycles. The molecule has 2 unspecified atom stereocenters. The highest BCUT2D eigenvalue weighted by Crippen LogP contribution is 2.27. The largest absolute Gasteiger partial charge is 0.382 e. The van der Waals surface area contributed by atoms with Gasteiger partial charge in [-0.05, 0) is 24.0 Å². The van der Waals surface area contributed by atoms with E-state index in [0.29, 0.717) is 45.7 Å². The second-order valence-corrected chi connectivity index (χ2v) is 8.09. The van der Waals surface area contributed by atoms with Crippen molar-refractivity contribution in [1.29, 1.82) is 0 Å². The van der Waals surface area contributed by atoms with E-state index < -0.39 is 11.8 Å². The van der Waals surface area contributed by atoms with Gasteiger partial charge in [-0.2, -0.15) is 0 Å². The van der Waals surface area contributed by atoms with Crippen molar-refractivity contribution < 1.29 is 28.4 Å². The minimum absolute atomic E-state index is 0.0119. The van der Waals surface area contributed by atoms with Gasteiger partial charge in [0.1, 0.15) is 13.6 Å². The van der Waals surface area contributed by atoms with Crippen LogP contribution in [0.15, 0.2) is 60.7 Å². The highest BCUT2D eigenvalue weighted by atomic mass is 16.8. The molecule has 34 heavy (non-hydrogen) atoms. The van der Waals surface area contributed by atoms with Crippen molar-refractivity contribution in [3.63, 3.8) is 0 Å². The molecule has 2 aromatic carbocycles. The molecule has 0 aromatic heterocycles. The SMILES string of the molecule is COCCOCOC(CC(N)Cc1ccccc1)(OCOCCOC)C(N)Cc1ccccc1. The summed E-state index contributed by atoms with van der Waals surface area (Å²) in [6.45, 7) is 1.67. The molecular weight excluding hydrogens is 436 g/mol. The van der Waals surface area contributed by atoms with Crippen molar-refractivity contribution in [3.05, 3.63) is 71.8 Å². The smallest absolute Gasteiger partial charge is 0.190 e. The number of nitrogens with two attached hydrogens (primary N) is 2. The first kappa shape index (κ1) is 28.4. The Balaban J connectivity index is 2.18. The maximum absolute atomic E-state index is 6.74. The molecule has 0 fully saturated rings. The molecule has 0 spiro atoms. The molecule has 2 rings (SSSR count). The predicted molar refractivity (Wildman–Crippen MR) is 131 cm³/mol. The van der Waals surface area contributed by atoms with Crippen LogP contribution in [-0.4, -0.2) is 72.1 Å². The monoisotopic (exact) mass is 476 g/mol. The number of benzene rings is 2. The highest BCUT2D eigenvalue weighted by Gasteiger charge is 2.41. The standard InChI is InChI=1S/C26H40N2O6/c1-29-13-15-31-20-33-26(34-21-32-16-14-30-2,25(28)18-23-11-7-4-8-12-23)19-24(27)17-22-9-5-3-6-10-22/h3-12,24-25H,13-21,27-28H2,1-2H3. The summed E-state index contributed by atoms with van der Waals surface area (Å²) in [6, 6.07) is 19.3. The van der Waals surface area contributed by atoms with Crippen molar-refractivity contribution in [2.45, 2.75) is 37.1 Å². The minimum Gasteiger partial charge on any atom is -0.382 e. The molecule has 0 aliphatic rings. The Morgan fingerprint density at radius 2 is 1.15 bits per heavy atom. The summed E-state index contributed by atoms with van der Waals surface area (Å²) in [5.74, 6) is -1.22. The van der Waals surface area contributed by atoms with Gasteiger partial charge in [-0.25, -0.2) is 0 Å². The molecule has 0 radical (unpaired) electrons. The predicted octanol–water partition coefficient (Wildman–Crippen LogP) is 2.49. The van der Waals surface area contributed by atoms with Gasteiger partial charge in [0.05, 0.1) is 32.5 Å². The molecule has 0 saturated carbocycles. The third-order valence-electron chi connectivity index (χ3n) is 5.39. The van der Waals surface area contributed by atoms with Crippen LogP contribution < -0.4 is 11.5 Å². The second kappa shape index (κ2) is 16.7. The van der Waals surface area contributed by atoms with Gasteiger partial charge in [0.15, 0.2) is 5.79 Å². The van der Waals surface area contributed by atoms with Gasteiger partial charge in [-0.1, -0.05) is 60.7 Å². The number of hydrogen-bond acceptors (Lipinski definition) is 8. The van der Waals surface area contributed by atoms with Crippen LogP contribution >= 0.6 is 0 Å². The van der Waals surface area contributed by atoms with Gasteiger partial charge in [-0.3, -0.25) is 0 Å². The number of methoxy groups -OCH3 is 2. The van der Waals surface area contributed by atoms with Crippen LogP contribution in [0.4, 0.5) is 0 Å². The van der Waals surface area contributed by atoms with Crippen molar-refractivity contribution in [3.8, 4) is 0 Å². The Kier molecular flexibility index (Phi) is 13.9. The number of ether oxygens (including phenoxy) is 6. The van der Waals surface area contributed by atoms with Gasteiger partial charge in [0, 0.05) is 26.7 Å². The second-order valence-electron chi connectivity index (χ2n) is 8.09. The van der Waals surface area contributed by atoms with Crippen LogP contribution in [0.25, 0.3) is 0 Å². The highest BCUT2D eigenvalue weighted by molar-refractivity contribution is 5.18. The molecule has 0 bridgehead atoms. The summed E-state index contributed by atoms with van der Waals surface area (Å²) >= 11 is 0. The zero-order chi connectivity index (χ0) is 24.5. The molecule has 4 N–H and O–H groups in total. The zero-order valence-corrected chi connectivity index (χ0v) is 20.4. The molecular formula is C26H40N2O6. The lowest BCUT2D eigenvalue weighted by atomic mass is 9.91. The fourth-order valence-corrected chi connectivity index (χ4v) is 3.59. The lowest BCUT2D eigenvalue weighted by Crippen LogP contribution is -2.57. The van der Waals surface area contributed by atoms with Gasteiger partial charge in [0.2, 0.25) is 0 Å². The topological polar surface area (TPSA) is 107 Å². The quantitative estimate of drug-likeness (QED) is 0.235. The van der Waals surface area contributed by atoms with Gasteiger partial charge < -0.3 is 39.9 Å². The van der Waals surface area contributed by atoms with Crippen molar-refractivity contribution in [2.24, 2.45) is 11.5 Å². The van der Waals surface area contributed by atoms with Crippen LogP contribution in [0.1, 0.15) is 17.5 Å². The van der Waals surface area contributed by atoms with E-state index in [0.717, 1.165) is 11.1 Å². The molecule has 8 heteroatoms. The van der Waals surface area contributed by atoms with Gasteiger partial charge >= 0.3 is 0 Å². The maximum atomic E-state index is 6.74. The van der Waals surface area contributed by atoms with Crippen LogP contribution in [0, 0.1) is 0 Å². The Morgan fingerprint density at radius 1 is 0.676 bits per heavy atom. The summed E-state index contributed by atoms with van der Waals surface area (Å²) in [5.41, 5.74) is 15.5. The number of rotatable bonds is 19. The normalized spacial score (nSPS) is 13.6. The van der Waals surface area contributed by atoms with E-state index >= 15 is 0 Å². The first-order chi connectivity index (χ1) is 16.6. The Bertz CT molecular complexity index is 735. The third kappa shape index (κ3) is 10.6. The van der Waals surface area contributed by atoms with Crippen LogP contribution in [-0.2, 0) is 41.3 Å².